The Labute approximate surface area is 322 Å². The predicted molar refractivity (Wildman–Crippen MR) is 211 cm³/mol. The van der Waals surface area contributed by atoms with Crippen molar-refractivity contribution in [1.82, 2.24) is 18.7 Å². The van der Waals surface area contributed by atoms with Gasteiger partial charge in [-0.05, 0) is 49.3 Å². The van der Waals surface area contributed by atoms with Gasteiger partial charge in [0.15, 0.2) is 28.5 Å². The molecule has 5 N–H and O–H groups in total. The van der Waals surface area contributed by atoms with E-state index in [1.807, 2.05) is 33.9 Å². The number of aliphatic hydroxyl groups is 1. The van der Waals surface area contributed by atoms with Crippen molar-refractivity contribution >= 4 is 44.3 Å². The van der Waals surface area contributed by atoms with Crippen molar-refractivity contribution < 1.29 is 36.0 Å². The number of thioether (sulfide) groups is 1. The lowest BCUT2D eigenvalue weighted by atomic mass is 9.89. The second-order valence-electron chi connectivity index (χ2n) is 16.8. The van der Waals surface area contributed by atoms with Crippen LogP contribution in [-0.4, -0.2) is 91.1 Å². The molecule has 2 unspecified atom stereocenters. The molecule has 2 saturated heterocycles. The van der Waals surface area contributed by atoms with Gasteiger partial charge >= 0.3 is 11.4 Å². The molecular formula is C33H56N6O11S2Si2. The van der Waals surface area contributed by atoms with Crippen molar-refractivity contribution in [1.29, 1.82) is 0 Å². The molecule has 6 atom stereocenters. The van der Waals surface area contributed by atoms with Crippen LogP contribution in [0, 0.1) is 6.92 Å². The highest BCUT2D eigenvalue weighted by Gasteiger charge is 2.67. The molecule has 2 fully saturated rings. The van der Waals surface area contributed by atoms with Crippen LogP contribution >= 0.6 is 11.8 Å². The van der Waals surface area contributed by atoms with E-state index in [2.05, 4.69) is 38.8 Å². The van der Waals surface area contributed by atoms with E-state index in [1.165, 1.54) is 34.1 Å². The van der Waals surface area contributed by atoms with Crippen molar-refractivity contribution in [3.8, 4) is 0 Å². The molecule has 17 nitrogen and oxygen atoms in total. The molecular weight excluding hydrogens is 777 g/mol. The summed E-state index contributed by atoms with van der Waals surface area (Å²) in [5, 5.41) is 9.34. The topological polar surface area (TPSA) is 231 Å². The Morgan fingerprint density at radius 3 is 2.15 bits per heavy atom. The molecule has 0 aliphatic carbocycles. The number of nitrogens with two attached hydrogens (primary N) is 2. The molecule has 0 bridgehead atoms. The first-order valence-corrected chi connectivity index (χ1v) is 25.8. The number of rotatable bonds is 8. The first kappa shape index (κ1) is 44.1. The largest absolute Gasteiger partial charge is 0.414 e. The SMILES string of the molecule is Cc1cn([C@@H]2OC(CO[Si](C)(C)C(C)(C)C)C3(OS(=O)(=O)C=C3N)[C@H]2O[Si](C)(C)C(C)(C)C)c(=O)n(C)c1=O.Nc1ccn([C@H]2CS[C@H](CO)O2)c(=O)n1. The second-order valence-corrected chi connectivity index (χ2v) is 28.9. The third-order valence-electron chi connectivity index (χ3n) is 10.9. The molecule has 2 aromatic heterocycles. The van der Waals surface area contributed by atoms with Gasteiger partial charge in [0.25, 0.3) is 15.7 Å². The number of hydrogen-bond donors (Lipinski definition) is 3. The lowest BCUT2D eigenvalue weighted by molar-refractivity contribution is -0.0566. The van der Waals surface area contributed by atoms with Crippen molar-refractivity contribution in [2.45, 2.75) is 120 Å². The summed E-state index contributed by atoms with van der Waals surface area (Å²) in [5.41, 5.74) is 8.53. The summed E-state index contributed by atoms with van der Waals surface area (Å²) < 4.78 is 60.4. The van der Waals surface area contributed by atoms with Gasteiger partial charge < -0.3 is 34.9 Å². The Hall–Kier alpha value is -2.61. The smallest absolute Gasteiger partial charge is 0.351 e. The fraction of sp³-hybridized carbons (Fsp3) is 0.697. The summed E-state index contributed by atoms with van der Waals surface area (Å²) in [5.74, 6) is 0.817. The quantitative estimate of drug-likeness (QED) is 0.256. The van der Waals surface area contributed by atoms with Crippen molar-refractivity contribution in [3.63, 3.8) is 0 Å². The van der Waals surface area contributed by atoms with E-state index < -0.39 is 67.7 Å². The van der Waals surface area contributed by atoms with E-state index in [0.717, 1.165) is 9.98 Å². The third-order valence-corrected chi connectivity index (χ3v) is 22.0. The Morgan fingerprint density at radius 2 is 1.65 bits per heavy atom. The number of nitrogen functional groups attached to an aromatic ring is 1. The van der Waals surface area contributed by atoms with Gasteiger partial charge in [0.1, 0.15) is 29.7 Å². The van der Waals surface area contributed by atoms with Gasteiger partial charge in [0.2, 0.25) is 0 Å². The molecule has 2 aromatic rings. The van der Waals surface area contributed by atoms with Crippen LogP contribution in [0.15, 0.2) is 43.9 Å². The third kappa shape index (κ3) is 8.69. The van der Waals surface area contributed by atoms with Crippen molar-refractivity contribution in [2.75, 3.05) is 24.7 Å². The molecule has 5 heterocycles. The lowest BCUT2D eigenvalue weighted by Gasteiger charge is -2.43. The molecule has 304 valence electrons. The van der Waals surface area contributed by atoms with Gasteiger partial charge in [-0.3, -0.25) is 18.5 Å². The zero-order valence-electron chi connectivity index (χ0n) is 33.1. The minimum atomic E-state index is -4.18. The minimum Gasteiger partial charge on any atom is -0.414 e. The molecule has 54 heavy (non-hydrogen) atoms. The fourth-order valence-electron chi connectivity index (χ4n) is 5.57. The minimum absolute atomic E-state index is 0.0338. The van der Waals surface area contributed by atoms with Gasteiger partial charge in [0.05, 0.1) is 24.3 Å². The number of hydrogen-bond acceptors (Lipinski definition) is 15. The summed E-state index contributed by atoms with van der Waals surface area (Å²) in [6.45, 7) is 22.1. The normalized spacial score (nSPS) is 27.2. The van der Waals surface area contributed by atoms with Crippen LogP contribution in [0.25, 0.3) is 0 Å². The Balaban J connectivity index is 0.000000358. The molecule has 5 rings (SSSR count). The van der Waals surface area contributed by atoms with Crippen LogP contribution in [0.4, 0.5) is 5.82 Å². The fourth-order valence-corrected chi connectivity index (χ4v) is 10.0. The van der Waals surface area contributed by atoms with Crippen LogP contribution in [0.5, 0.6) is 0 Å². The van der Waals surface area contributed by atoms with Gasteiger partial charge in [-0.2, -0.15) is 13.4 Å². The molecule has 21 heteroatoms. The average molecular weight is 833 g/mol. The van der Waals surface area contributed by atoms with E-state index in [1.54, 1.807) is 19.2 Å². The molecule has 0 amide bonds. The monoisotopic (exact) mass is 832 g/mol. The van der Waals surface area contributed by atoms with Crippen molar-refractivity contribution in [3.05, 3.63) is 66.5 Å². The number of nitrogens with zero attached hydrogens (tertiary/aromatic N) is 4. The number of anilines is 1. The van der Waals surface area contributed by atoms with Gasteiger partial charge in [0, 0.05) is 30.8 Å². The first-order chi connectivity index (χ1) is 24.6. The number of aliphatic hydroxyl groups excluding tert-OH is 1. The predicted octanol–water partition coefficient (Wildman–Crippen LogP) is 2.47. The van der Waals surface area contributed by atoms with Crippen LogP contribution in [-0.2, 0) is 39.7 Å². The highest BCUT2D eigenvalue weighted by Crippen LogP contribution is 2.52. The zero-order chi connectivity index (χ0) is 41.0. The summed E-state index contributed by atoms with van der Waals surface area (Å²) in [4.78, 5) is 40.9. The van der Waals surface area contributed by atoms with Gasteiger partial charge in [-0.15, -0.1) is 11.8 Å². The summed E-state index contributed by atoms with van der Waals surface area (Å²) in [6, 6.07) is 1.54. The highest BCUT2D eigenvalue weighted by atomic mass is 32.2. The summed E-state index contributed by atoms with van der Waals surface area (Å²) in [6.07, 6.45) is -0.710. The van der Waals surface area contributed by atoms with Crippen LogP contribution in [0.3, 0.4) is 0 Å². The highest BCUT2D eigenvalue weighted by molar-refractivity contribution is 8.00. The molecule has 1 spiro atoms. The first-order valence-electron chi connectivity index (χ1n) is 17.5. The number of ether oxygens (including phenoxy) is 2. The maximum Gasteiger partial charge on any atom is 0.351 e. The van der Waals surface area contributed by atoms with Gasteiger partial charge in [-0.1, -0.05) is 41.5 Å². The molecule has 0 aromatic carbocycles. The standard InChI is InChI=1S/C25H45N3O8SSi2.C8H11N3O3S/c1-16-13-28(22(30)27(8)20(16)29)21-19(35-39(11,12)24(5,6)7)25(17(26)15-37(31,32)36-25)18(34-21)14-33-38(9,10)23(2,3)4;9-5-1-2-11(8(13)10-5)6-4-15-7(3-12)14-6/h13,15,18-19,21H,14,26H2,1-12H3;1-2,6-7,12H,3-4H2,(H2,9,10,13)/t18?,19-,21+,25?;6-,7-/m01/s1. The summed E-state index contributed by atoms with van der Waals surface area (Å²) in [7, 11) is -7.77. The van der Waals surface area contributed by atoms with E-state index in [0.29, 0.717) is 11.3 Å². The average Bonchev–Trinajstić information content (AvgIpc) is 3.70. The Bertz CT molecular complexity index is 2040. The van der Waals surface area contributed by atoms with E-state index in [4.69, 9.17) is 39.1 Å². The van der Waals surface area contributed by atoms with Crippen LogP contribution < -0.4 is 28.4 Å². The molecule has 3 aliphatic rings. The summed E-state index contributed by atoms with van der Waals surface area (Å²) >= 11 is 1.47. The van der Waals surface area contributed by atoms with E-state index in [-0.39, 0.29) is 46.5 Å². The van der Waals surface area contributed by atoms with E-state index in [9.17, 15) is 22.8 Å². The van der Waals surface area contributed by atoms with Gasteiger partial charge in [-0.25, -0.2) is 13.8 Å². The lowest BCUT2D eigenvalue weighted by Crippen LogP contribution is -2.59. The van der Waals surface area contributed by atoms with Crippen LogP contribution in [0.2, 0.25) is 36.3 Å². The second kappa shape index (κ2) is 15.4. The molecule has 0 saturated carbocycles. The number of aromatic nitrogens is 4. The molecule has 3 aliphatic heterocycles. The maximum atomic E-state index is 13.4. The number of aryl methyl sites for hydroxylation is 1. The van der Waals surface area contributed by atoms with E-state index >= 15 is 0 Å². The zero-order valence-corrected chi connectivity index (χ0v) is 36.7. The van der Waals surface area contributed by atoms with Crippen molar-refractivity contribution in [2.24, 2.45) is 12.8 Å². The Kier molecular flexibility index (Phi) is 12.6. The molecule has 0 radical (unpaired) electrons. The van der Waals surface area contributed by atoms with Crippen LogP contribution in [0.1, 0.15) is 59.6 Å². The maximum absolute atomic E-state index is 13.4. The Morgan fingerprint density at radius 1 is 1.04 bits per heavy atom.